The number of hydrogen-bond acceptors (Lipinski definition) is 3. The van der Waals surface area contributed by atoms with Crippen molar-refractivity contribution in [1.82, 2.24) is 10.2 Å². The minimum absolute atomic E-state index is 0.0253. The molecule has 0 aromatic heterocycles. The number of urea groups is 1. The van der Waals surface area contributed by atoms with E-state index in [-0.39, 0.29) is 17.7 Å². The molecule has 2 fully saturated rings. The van der Waals surface area contributed by atoms with Gasteiger partial charge in [-0.05, 0) is 26.7 Å². The fourth-order valence-electron chi connectivity index (χ4n) is 2.07. The number of morpholine rings is 1. The number of nitrogens with one attached hydrogen (secondary N) is 1. The number of carbonyl (C=O) groups excluding carboxylic acids is 1. The van der Waals surface area contributed by atoms with Gasteiger partial charge in [0.1, 0.15) is 0 Å². The lowest BCUT2D eigenvalue weighted by molar-refractivity contribution is -0.120. The molecule has 0 bridgehead atoms. The standard InChI is InChI=1S/C11H21N3O2/c1-11(2)7-14(6-9(5-12)16-11)10(15)13-8-3-4-8/h8-9H,3-7,12H2,1-2H3,(H,13,15). The highest BCUT2D eigenvalue weighted by atomic mass is 16.5. The van der Waals surface area contributed by atoms with E-state index in [9.17, 15) is 4.79 Å². The summed E-state index contributed by atoms with van der Waals surface area (Å²) in [5.74, 6) is 0. The molecule has 1 unspecified atom stereocenters. The number of ether oxygens (including phenoxy) is 1. The van der Waals surface area contributed by atoms with Gasteiger partial charge in [0.2, 0.25) is 0 Å². The maximum Gasteiger partial charge on any atom is 0.317 e. The van der Waals surface area contributed by atoms with E-state index in [0.29, 0.717) is 25.7 Å². The Labute approximate surface area is 96.3 Å². The van der Waals surface area contributed by atoms with Gasteiger partial charge in [0.25, 0.3) is 0 Å². The third-order valence-corrected chi connectivity index (χ3v) is 2.94. The lowest BCUT2D eigenvalue weighted by Gasteiger charge is -2.42. The molecular weight excluding hydrogens is 206 g/mol. The van der Waals surface area contributed by atoms with Gasteiger partial charge in [-0.3, -0.25) is 0 Å². The molecule has 1 aliphatic carbocycles. The SMILES string of the molecule is CC1(C)CN(C(=O)NC2CC2)CC(CN)O1. The quantitative estimate of drug-likeness (QED) is 0.713. The number of rotatable bonds is 2. The molecule has 0 spiro atoms. The van der Waals surface area contributed by atoms with Crippen molar-refractivity contribution < 1.29 is 9.53 Å². The van der Waals surface area contributed by atoms with E-state index in [1.54, 1.807) is 0 Å². The van der Waals surface area contributed by atoms with Gasteiger partial charge >= 0.3 is 6.03 Å². The Morgan fingerprint density at radius 3 is 2.81 bits per heavy atom. The molecular formula is C11H21N3O2. The van der Waals surface area contributed by atoms with E-state index in [0.717, 1.165) is 12.8 Å². The molecule has 0 radical (unpaired) electrons. The average Bonchev–Trinajstić information content (AvgIpc) is 2.99. The zero-order valence-electron chi connectivity index (χ0n) is 10.0. The monoisotopic (exact) mass is 227 g/mol. The zero-order chi connectivity index (χ0) is 11.8. The van der Waals surface area contributed by atoms with Gasteiger partial charge in [0.15, 0.2) is 0 Å². The van der Waals surface area contributed by atoms with Gasteiger partial charge in [-0.1, -0.05) is 0 Å². The Bertz CT molecular complexity index is 276. The molecule has 92 valence electrons. The third-order valence-electron chi connectivity index (χ3n) is 2.94. The average molecular weight is 227 g/mol. The highest BCUT2D eigenvalue weighted by Crippen LogP contribution is 2.23. The topological polar surface area (TPSA) is 67.6 Å². The second kappa shape index (κ2) is 4.22. The normalized spacial score (nSPS) is 28.9. The van der Waals surface area contributed by atoms with Crippen molar-refractivity contribution >= 4 is 6.03 Å². The molecule has 3 N–H and O–H groups in total. The lowest BCUT2D eigenvalue weighted by Crippen LogP contribution is -2.58. The van der Waals surface area contributed by atoms with Gasteiger partial charge in [-0.2, -0.15) is 0 Å². The Morgan fingerprint density at radius 1 is 1.56 bits per heavy atom. The van der Waals surface area contributed by atoms with Crippen LogP contribution in [0.3, 0.4) is 0 Å². The summed E-state index contributed by atoms with van der Waals surface area (Å²) in [6, 6.07) is 0.423. The maximum absolute atomic E-state index is 11.9. The summed E-state index contributed by atoms with van der Waals surface area (Å²) in [4.78, 5) is 13.7. The fourth-order valence-corrected chi connectivity index (χ4v) is 2.07. The van der Waals surface area contributed by atoms with Crippen LogP contribution in [0.4, 0.5) is 4.79 Å². The summed E-state index contributed by atoms with van der Waals surface area (Å²) in [7, 11) is 0. The predicted molar refractivity (Wildman–Crippen MR) is 61.1 cm³/mol. The van der Waals surface area contributed by atoms with Crippen molar-refractivity contribution in [3.05, 3.63) is 0 Å². The first kappa shape index (κ1) is 11.7. The second-order valence-corrected chi connectivity index (χ2v) is 5.34. The highest BCUT2D eigenvalue weighted by molar-refractivity contribution is 5.75. The predicted octanol–water partition coefficient (Wildman–Crippen LogP) is 0.297. The number of nitrogens with two attached hydrogens (primary N) is 1. The number of hydrogen-bond donors (Lipinski definition) is 2. The van der Waals surface area contributed by atoms with E-state index >= 15 is 0 Å². The first-order chi connectivity index (χ1) is 7.50. The Kier molecular flexibility index (Phi) is 3.08. The number of carbonyl (C=O) groups is 1. The molecule has 16 heavy (non-hydrogen) atoms. The van der Waals surface area contributed by atoms with Crippen LogP contribution in [0.1, 0.15) is 26.7 Å². The summed E-state index contributed by atoms with van der Waals surface area (Å²) in [5.41, 5.74) is 5.31. The van der Waals surface area contributed by atoms with E-state index in [1.807, 2.05) is 18.7 Å². The number of amides is 2. The van der Waals surface area contributed by atoms with Gasteiger partial charge in [0, 0.05) is 19.1 Å². The van der Waals surface area contributed by atoms with Crippen LogP contribution >= 0.6 is 0 Å². The van der Waals surface area contributed by atoms with Gasteiger partial charge in [0.05, 0.1) is 18.2 Å². The molecule has 2 amide bonds. The molecule has 1 heterocycles. The van der Waals surface area contributed by atoms with Gasteiger partial charge in [-0.15, -0.1) is 0 Å². The molecule has 0 aromatic carbocycles. The van der Waals surface area contributed by atoms with Crippen LogP contribution in [-0.2, 0) is 4.74 Å². The second-order valence-electron chi connectivity index (χ2n) is 5.34. The van der Waals surface area contributed by atoms with Crippen molar-refractivity contribution in [3.8, 4) is 0 Å². The molecule has 2 rings (SSSR count). The van der Waals surface area contributed by atoms with Gasteiger partial charge in [-0.25, -0.2) is 4.79 Å². The van der Waals surface area contributed by atoms with E-state index in [1.165, 1.54) is 0 Å². The fraction of sp³-hybridized carbons (Fsp3) is 0.909. The van der Waals surface area contributed by atoms with E-state index in [2.05, 4.69) is 5.32 Å². The molecule has 5 heteroatoms. The van der Waals surface area contributed by atoms with Crippen LogP contribution in [0.15, 0.2) is 0 Å². The molecule has 1 atom stereocenters. The molecule has 5 nitrogen and oxygen atoms in total. The Morgan fingerprint density at radius 2 is 2.25 bits per heavy atom. The van der Waals surface area contributed by atoms with Crippen molar-refractivity contribution in [2.75, 3.05) is 19.6 Å². The van der Waals surface area contributed by atoms with Crippen molar-refractivity contribution in [2.45, 2.75) is 44.4 Å². The maximum atomic E-state index is 11.9. The van der Waals surface area contributed by atoms with E-state index < -0.39 is 0 Å². The first-order valence-electron chi connectivity index (χ1n) is 5.93. The molecule has 0 aromatic rings. The van der Waals surface area contributed by atoms with Crippen LogP contribution < -0.4 is 11.1 Å². The van der Waals surface area contributed by atoms with Crippen LogP contribution in [0.5, 0.6) is 0 Å². The molecule has 1 aliphatic heterocycles. The molecule has 2 aliphatic rings. The largest absolute Gasteiger partial charge is 0.367 e. The summed E-state index contributed by atoms with van der Waals surface area (Å²) in [5, 5.41) is 3.00. The minimum Gasteiger partial charge on any atom is -0.367 e. The minimum atomic E-state index is -0.302. The van der Waals surface area contributed by atoms with Crippen LogP contribution in [0.2, 0.25) is 0 Å². The Hall–Kier alpha value is -0.810. The van der Waals surface area contributed by atoms with Crippen molar-refractivity contribution in [1.29, 1.82) is 0 Å². The van der Waals surface area contributed by atoms with E-state index in [4.69, 9.17) is 10.5 Å². The summed E-state index contributed by atoms with van der Waals surface area (Å²) < 4.78 is 5.78. The number of nitrogens with zero attached hydrogens (tertiary/aromatic N) is 1. The summed E-state index contributed by atoms with van der Waals surface area (Å²) in [6.45, 7) is 5.66. The van der Waals surface area contributed by atoms with Gasteiger partial charge < -0.3 is 20.7 Å². The van der Waals surface area contributed by atoms with Crippen molar-refractivity contribution in [3.63, 3.8) is 0 Å². The van der Waals surface area contributed by atoms with Crippen LogP contribution in [-0.4, -0.2) is 48.3 Å². The summed E-state index contributed by atoms with van der Waals surface area (Å²) in [6.07, 6.45) is 2.17. The third kappa shape index (κ3) is 2.86. The highest BCUT2D eigenvalue weighted by Gasteiger charge is 2.36. The summed E-state index contributed by atoms with van der Waals surface area (Å²) >= 11 is 0. The smallest absolute Gasteiger partial charge is 0.317 e. The zero-order valence-corrected chi connectivity index (χ0v) is 10.0. The lowest BCUT2D eigenvalue weighted by atomic mass is 10.1. The first-order valence-corrected chi connectivity index (χ1v) is 5.93. The Balaban J connectivity index is 1.94. The molecule has 1 saturated carbocycles. The van der Waals surface area contributed by atoms with Crippen LogP contribution in [0, 0.1) is 0 Å². The van der Waals surface area contributed by atoms with Crippen molar-refractivity contribution in [2.24, 2.45) is 5.73 Å². The molecule has 1 saturated heterocycles. The van der Waals surface area contributed by atoms with Crippen LogP contribution in [0.25, 0.3) is 0 Å².